The van der Waals surface area contributed by atoms with Gasteiger partial charge in [0, 0.05) is 24.1 Å². The summed E-state index contributed by atoms with van der Waals surface area (Å²) in [6.45, 7) is 13.3. The highest BCUT2D eigenvalue weighted by atomic mass is 32.1. The summed E-state index contributed by atoms with van der Waals surface area (Å²) in [4.78, 5) is 44.1. The molecule has 0 bridgehead atoms. The third kappa shape index (κ3) is 10.9. The highest BCUT2D eigenvalue weighted by Gasteiger charge is 2.43. The molecule has 0 saturated carbocycles. The molecule has 9 heteroatoms. The summed E-state index contributed by atoms with van der Waals surface area (Å²) < 4.78 is 11.8. The van der Waals surface area contributed by atoms with E-state index in [-0.39, 0.29) is 30.5 Å². The Bertz CT molecular complexity index is 1150. The first-order valence-electron chi connectivity index (χ1n) is 15.0. The van der Waals surface area contributed by atoms with Gasteiger partial charge in [0.1, 0.15) is 18.0 Å². The second-order valence-corrected chi connectivity index (χ2v) is 13.1. The molecule has 1 aliphatic heterocycles. The van der Waals surface area contributed by atoms with Crippen molar-refractivity contribution >= 4 is 35.1 Å². The molecule has 2 rings (SSSR count). The van der Waals surface area contributed by atoms with Crippen molar-refractivity contribution in [2.24, 2.45) is 23.0 Å². The molecule has 5 atom stereocenters. The first-order chi connectivity index (χ1) is 19.8. The zero-order valence-electron chi connectivity index (χ0n) is 26.4. The van der Waals surface area contributed by atoms with Crippen LogP contribution in [0.3, 0.4) is 0 Å². The number of hydrogen-bond donors (Lipinski definition) is 2. The van der Waals surface area contributed by atoms with Crippen molar-refractivity contribution < 1.29 is 29.0 Å². The average molecular weight is 603 g/mol. The molecule has 1 aliphatic rings. The molecular formula is C33H50N2O6S. The van der Waals surface area contributed by atoms with Gasteiger partial charge in [-0.25, -0.2) is 4.98 Å². The number of esters is 2. The Hall–Kier alpha value is -2.62. The van der Waals surface area contributed by atoms with Crippen molar-refractivity contribution in [2.75, 3.05) is 6.54 Å². The van der Waals surface area contributed by atoms with Crippen molar-refractivity contribution in [3.63, 3.8) is 0 Å². The number of cyclic esters (lactones) is 1. The number of aryl methyl sites for hydroxylation is 1. The van der Waals surface area contributed by atoms with E-state index >= 15 is 0 Å². The van der Waals surface area contributed by atoms with Gasteiger partial charge in [-0.15, -0.1) is 11.3 Å². The first kappa shape index (κ1) is 35.6. The molecule has 234 valence electrons. The Morgan fingerprint density at radius 2 is 1.95 bits per heavy atom. The minimum Gasteiger partial charge on any atom is -0.461 e. The molecule has 0 aliphatic carbocycles. The fourth-order valence-corrected chi connectivity index (χ4v) is 5.63. The molecule has 42 heavy (non-hydrogen) atoms. The molecule has 0 fully saturated rings. The number of aliphatic hydroxyl groups excluding tert-OH is 1. The summed E-state index contributed by atoms with van der Waals surface area (Å²) in [5.41, 5.74) is 7.01. The number of ether oxygens (including phenoxy) is 2. The molecule has 8 nitrogen and oxygen atoms in total. The van der Waals surface area contributed by atoms with E-state index in [1.54, 1.807) is 32.1 Å². The van der Waals surface area contributed by atoms with Crippen LogP contribution in [0.1, 0.15) is 97.2 Å². The van der Waals surface area contributed by atoms with E-state index in [9.17, 15) is 19.5 Å². The highest BCUT2D eigenvalue weighted by Crippen LogP contribution is 2.33. The zero-order chi connectivity index (χ0) is 31.4. The second kappa shape index (κ2) is 16.9. The van der Waals surface area contributed by atoms with Crippen molar-refractivity contribution in [3.05, 3.63) is 45.5 Å². The maximum Gasteiger partial charge on any atom is 0.309 e. The van der Waals surface area contributed by atoms with Gasteiger partial charge >= 0.3 is 11.9 Å². The van der Waals surface area contributed by atoms with Gasteiger partial charge in [0.25, 0.3) is 0 Å². The SMILES string of the molecule is CC1=CCC(C(C)=Cc2csc(C)n2)OC(=O)CC(O)C(C)(C)C(=O)C(C)C(OC(=O)CCCCCN)C(C)C=CC1. The predicted octanol–water partition coefficient (Wildman–Crippen LogP) is 6.11. The minimum absolute atomic E-state index is 0.241. The number of hydrogen-bond acceptors (Lipinski definition) is 9. The normalized spacial score (nSPS) is 26.5. The lowest BCUT2D eigenvalue weighted by atomic mass is 9.73. The van der Waals surface area contributed by atoms with Gasteiger partial charge in [0.15, 0.2) is 0 Å². The van der Waals surface area contributed by atoms with Crippen LogP contribution in [-0.4, -0.2) is 52.7 Å². The monoisotopic (exact) mass is 602 g/mol. The third-order valence-corrected chi connectivity index (χ3v) is 8.75. The van der Waals surface area contributed by atoms with Crippen LogP contribution in [0, 0.1) is 24.2 Å². The number of carbonyl (C=O) groups excluding carboxylic acids is 3. The van der Waals surface area contributed by atoms with Gasteiger partial charge in [0.2, 0.25) is 0 Å². The Balaban J connectivity index is 2.36. The number of Topliss-reactive ketones (excluding diaryl/α,β-unsaturated/α-hetero) is 1. The van der Waals surface area contributed by atoms with E-state index in [0.717, 1.165) is 34.7 Å². The summed E-state index contributed by atoms with van der Waals surface area (Å²) in [5.74, 6) is -2.17. The van der Waals surface area contributed by atoms with E-state index < -0.39 is 35.6 Å². The van der Waals surface area contributed by atoms with E-state index in [0.29, 0.717) is 25.8 Å². The summed E-state index contributed by atoms with van der Waals surface area (Å²) in [7, 11) is 0. The molecular weight excluding hydrogens is 552 g/mol. The molecule has 0 amide bonds. The molecule has 0 saturated heterocycles. The largest absolute Gasteiger partial charge is 0.461 e. The lowest BCUT2D eigenvalue weighted by Crippen LogP contribution is -2.46. The molecule has 5 unspecified atom stereocenters. The van der Waals surface area contributed by atoms with Crippen molar-refractivity contribution in [1.29, 1.82) is 0 Å². The lowest BCUT2D eigenvalue weighted by Gasteiger charge is -2.35. The Kier molecular flexibility index (Phi) is 14.3. The van der Waals surface area contributed by atoms with Crippen molar-refractivity contribution in [3.8, 4) is 0 Å². The van der Waals surface area contributed by atoms with Crippen molar-refractivity contribution in [1.82, 2.24) is 4.98 Å². The molecule has 0 aromatic carbocycles. The Morgan fingerprint density at radius 1 is 1.24 bits per heavy atom. The Morgan fingerprint density at radius 3 is 2.60 bits per heavy atom. The second-order valence-electron chi connectivity index (χ2n) is 12.1. The van der Waals surface area contributed by atoms with Gasteiger partial charge in [0.05, 0.1) is 34.6 Å². The van der Waals surface area contributed by atoms with E-state index in [2.05, 4.69) is 4.98 Å². The number of nitrogens with zero attached hydrogens (tertiary/aromatic N) is 1. The number of nitrogens with two attached hydrogens (primary N) is 1. The van der Waals surface area contributed by atoms with E-state index in [1.807, 2.05) is 57.4 Å². The van der Waals surface area contributed by atoms with Crippen LogP contribution in [0.15, 0.2) is 34.8 Å². The van der Waals surface area contributed by atoms with Crippen LogP contribution in [0.4, 0.5) is 0 Å². The van der Waals surface area contributed by atoms with Gasteiger partial charge in [-0.2, -0.15) is 0 Å². The van der Waals surface area contributed by atoms with Crippen LogP contribution in [0.5, 0.6) is 0 Å². The number of aromatic nitrogens is 1. The summed E-state index contributed by atoms with van der Waals surface area (Å²) in [6.07, 6.45) is 8.82. The number of aliphatic hydroxyl groups is 1. The number of rotatable bonds is 8. The maximum atomic E-state index is 13.8. The highest BCUT2D eigenvalue weighted by molar-refractivity contribution is 7.09. The molecule has 3 N–H and O–H groups in total. The summed E-state index contributed by atoms with van der Waals surface area (Å²) in [6, 6.07) is 0. The van der Waals surface area contributed by atoms with Crippen LogP contribution in [-0.2, 0) is 23.9 Å². The number of thiazole rings is 1. The average Bonchev–Trinajstić information content (AvgIpc) is 3.34. The number of carbonyl (C=O) groups is 3. The van der Waals surface area contributed by atoms with Crippen LogP contribution in [0.2, 0.25) is 0 Å². The zero-order valence-corrected chi connectivity index (χ0v) is 27.2. The molecule has 0 radical (unpaired) electrons. The number of allylic oxidation sites excluding steroid dienone is 2. The molecule has 1 aromatic rings. The number of ketones is 1. The number of unbranched alkanes of at least 4 members (excludes halogenated alkanes) is 2. The van der Waals surface area contributed by atoms with Gasteiger partial charge in [-0.3, -0.25) is 14.4 Å². The Labute approximate surface area is 255 Å². The van der Waals surface area contributed by atoms with Crippen LogP contribution in [0.25, 0.3) is 6.08 Å². The fourth-order valence-electron chi connectivity index (χ4n) is 5.06. The minimum atomic E-state index is -1.28. The molecule has 0 spiro atoms. The fraction of sp³-hybridized carbons (Fsp3) is 0.636. The standard InChI is InChI=1S/C33H50N2O6S/c1-21-12-11-13-22(2)31(41-29(37)14-9-8-10-17-34)24(4)32(39)33(6,7)28(36)19-30(38)40-27(16-15-21)23(3)18-26-20-42-25(5)35-26/h11,13,15,18,20,22,24,27-28,31,36H,8-10,12,14,16-17,19,34H2,1-7H3. The molecule has 1 aromatic heterocycles. The van der Waals surface area contributed by atoms with Crippen molar-refractivity contribution in [2.45, 2.75) is 112 Å². The topological polar surface area (TPSA) is 129 Å². The van der Waals surface area contributed by atoms with E-state index in [1.165, 1.54) is 0 Å². The van der Waals surface area contributed by atoms with Gasteiger partial charge < -0.3 is 20.3 Å². The summed E-state index contributed by atoms with van der Waals surface area (Å²) in [5, 5.41) is 14.0. The smallest absolute Gasteiger partial charge is 0.309 e. The molecule has 2 heterocycles. The summed E-state index contributed by atoms with van der Waals surface area (Å²) >= 11 is 1.55. The third-order valence-electron chi connectivity index (χ3n) is 7.96. The lowest BCUT2D eigenvalue weighted by molar-refractivity contribution is -0.159. The van der Waals surface area contributed by atoms with Crippen LogP contribution >= 0.6 is 11.3 Å². The van der Waals surface area contributed by atoms with Crippen LogP contribution < -0.4 is 5.73 Å². The maximum absolute atomic E-state index is 13.8. The van der Waals surface area contributed by atoms with Gasteiger partial charge in [-0.1, -0.05) is 57.9 Å². The quantitative estimate of drug-likeness (QED) is 0.207. The predicted molar refractivity (Wildman–Crippen MR) is 168 cm³/mol. The van der Waals surface area contributed by atoms with Gasteiger partial charge in [-0.05, 0) is 58.2 Å². The van der Waals surface area contributed by atoms with E-state index in [4.69, 9.17) is 15.2 Å². The first-order valence-corrected chi connectivity index (χ1v) is 15.9.